The van der Waals surface area contributed by atoms with E-state index < -0.39 is 48.7 Å². The third kappa shape index (κ3) is 9.65. The Morgan fingerprint density at radius 1 is 0.893 bits per heavy atom. The first kappa shape index (κ1) is 25.8. The summed E-state index contributed by atoms with van der Waals surface area (Å²) in [6, 6.07) is -1.74. The number of rotatable bonds is 13. The van der Waals surface area contributed by atoms with Gasteiger partial charge in [0.25, 0.3) is 6.29 Å². The molecule has 0 heterocycles. The Morgan fingerprint density at radius 2 is 1.39 bits per heavy atom. The monoisotopic (exact) mass is 404 g/mol. The molecule has 0 fully saturated rings. The maximum Gasteiger partial charge on any atom is 0.326 e. The van der Waals surface area contributed by atoms with Gasteiger partial charge >= 0.3 is 23.9 Å². The van der Waals surface area contributed by atoms with E-state index in [1.165, 1.54) is 0 Å². The van der Waals surface area contributed by atoms with Gasteiger partial charge in [-0.05, 0) is 11.8 Å². The van der Waals surface area contributed by atoms with Crippen LogP contribution in [0.3, 0.4) is 0 Å². The lowest BCUT2D eigenvalue weighted by molar-refractivity contribution is -0.192. The first-order valence-corrected chi connectivity index (χ1v) is 9.32. The van der Waals surface area contributed by atoms with Gasteiger partial charge in [-0.15, -0.1) is 0 Å². The minimum atomic E-state index is -1.43. The third-order valence-electron chi connectivity index (χ3n) is 4.46. The summed E-state index contributed by atoms with van der Waals surface area (Å²) in [7, 11) is 0. The number of carbonyl (C=O) groups excluding carboxylic acids is 3. The van der Waals surface area contributed by atoms with Gasteiger partial charge in [-0.2, -0.15) is 0 Å². The van der Waals surface area contributed by atoms with E-state index in [1.54, 1.807) is 13.8 Å². The van der Waals surface area contributed by atoms with Crippen molar-refractivity contribution in [3.63, 3.8) is 0 Å². The first-order valence-electron chi connectivity index (χ1n) is 9.32. The number of esters is 3. The Morgan fingerprint density at radius 3 is 1.86 bits per heavy atom. The summed E-state index contributed by atoms with van der Waals surface area (Å²) in [4.78, 5) is 46.2. The lowest BCUT2D eigenvalue weighted by Crippen LogP contribution is -2.41. The Labute approximate surface area is 164 Å². The molecule has 0 spiro atoms. The maximum atomic E-state index is 12.1. The van der Waals surface area contributed by atoms with Crippen molar-refractivity contribution in [1.82, 2.24) is 0 Å². The molecule has 0 aromatic rings. The summed E-state index contributed by atoms with van der Waals surface area (Å²) in [6.45, 7) is 7.06. The van der Waals surface area contributed by atoms with Crippen molar-refractivity contribution in [3.05, 3.63) is 0 Å². The number of hydrogen-bond acceptors (Lipinski definition) is 9. The number of carboxylic acid groups (broad SMARTS) is 1. The molecule has 5 atom stereocenters. The van der Waals surface area contributed by atoms with E-state index in [0.29, 0.717) is 12.8 Å². The molecule has 0 saturated carbocycles. The smallest absolute Gasteiger partial charge is 0.326 e. The summed E-state index contributed by atoms with van der Waals surface area (Å²) < 4.78 is 15.0. The van der Waals surface area contributed by atoms with Crippen molar-refractivity contribution < 1.29 is 38.5 Å². The molecule has 0 rings (SSSR count). The average molecular weight is 404 g/mol. The highest BCUT2D eigenvalue weighted by molar-refractivity contribution is 5.90. The second-order valence-electron chi connectivity index (χ2n) is 6.71. The highest BCUT2D eigenvalue weighted by atomic mass is 16.7. The molecule has 0 aromatic carbocycles. The molecule has 10 nitrogen and oxygen atoms in total. The molecule has 162 valence electrons. The fourth-order valence-electron chi connectivity index (χ4n) is 1.99. The third-order valence-corrected chi connectivity index (χ3v) is 4.46. The minimum absolute atomic E-state index is 0.0805. The predicted octanol–water partition coefficient (Wildman–Crippen LogP) is 0.554. The first-order chi connectivity index (χ1) is 13.0. The Hall–Kier alpha value is -2.20. The summed E-state index contributed by atoms with van der Waals surface area (Å²) >= 11 is 0. The van der Waals surface area contributed by atoms with Crippen molar-refractivity contribution in [2.24, 2.45) is 23.3 Å². The van der Waals surface area contributed by atoms with Crippen LogP contribution in [0.2, 0.25) is 0 Å². The average Bonchev–Trinajstić information content (AvgIpc) is 2.64. The topological polar surface area (TPSA) is 168 Å². The zero-order valence-electron chi connectivity index (χ0n) is 16.9. The minimum Gasteiger partial charge on any atom is -0.481 e. The Kier molecular flexibility index (Phi) is 12.0. The number of ether oxygens (including phenoxy) is 3. The van der Waals surface area contributed by atoms with Gasteiger partial charge in [-0.1, -0.05) is 40.5 Å². The molecule has 0 radical (unpaired) electrons. The van der Waals surface area contributed by atoms with Gasteiger partial charge in [-0.25, -0.2) is 0 Å². The molecule has 0 bridgehead atoms. The Balaban J connectivity index is 4.85. The Bertz CT molecular complexity index is 540. The van der Waals surface area contributed by atoms with Gasteiger partial charge in [0, 0.05) is 0 Å². The van der Waals surface area contributed by atoms with E-state index in [-0.39, 0.29) is 24.9 Å². The molecule has 0 aliphatic heterocycles. The van der Waals surface area contributed by atoms with Crippen molar-refractivity contribution in [2.75, 3.05) is 6.61 Å². The van der Waals surface area contributed by atoms with Crippen LogP contribution in [-0.2, 0) is 33.4 Å². The number of nitrogens with two attached hydrogens (primary N) is 2. The van der Waals surface area contributed by atoms with Gasteiger partial charge < -0.3 is 30.8 Å². The van der Waals surface area contributed by atoms with Crippen LogP contribution >= 0.6 is 0 Å². The molecular formula is C18H32N2O8. The zero-order chi connectivity index (χ0) is 21.9. The van der Waals surface area contributed by atoms with Crippen molar-refractivity contribution in [2.45, 2.75) is 71.8 Å². The predicted molar refractivity (Wildman–Crippen MR) is 98.7 cm³/mol. The van der Waals surface area contributed by atoms with E-state index in [2.05, 4.69) is 0 Å². The van der Waals surface area contributed by atoms with Gasteiger partial charge in [0.2, 0.25) is 0 Å². The number of carboxylic acids is 1. The lowest BCUT2D eigenvalue weighted by atomic mass is 10.0. The van der Waals surface area contributed by atoms with E-state index >= 15 is 0 Å². The molecule has 0 aliphatic carbocycles. The summed E-state index contributed by atoms with van der Waals surface area (Å²) in [5, 5.41) is 8.65. The van der Waals surface area contributed by atoms with E-state index in [1.807, 2.05) is 13.8 Å². The summed E-state index contributed by atoms with van der Waals surface area (Å²) in [5.74, 6) is -4.17. The molecule has 0 amide bonds. The van der Waals surface area contributed by atoms with Crippen molar-refractivity contribution in [1.29, 1.82) is 0 Å². The zero-order valence-corrected chi connectivity index (χ0v) is 16.9. The largest absolute Gasteiger partial charge is 0.481 e. The van der Waals surface area contributed by atoms with Crippen LogP contribution < -0.4 is 11.5 Å². The molecule has 0 saturated heterocycles. The highest BCUT2D eigenvalue weighted by Crippen LogP contribution is 2.12. The SMILES string of the molecule is CCC(C)[C@H](N)C(=O)OCCC(OC(=O)CC(=O)O)OC(=O)[C@@H](N)C(C)CC. The van der Waals surface area contributed by atoms with Crippen LogP contribution in [0.25, 0.3) is 0 Å². The van der Waals surface area contributed by atoms with E-state index in [4.69, 9.17) is 30.8 Å². The van der Waals surface area contributed by atoms with Gasteiger partial charge in [0.05, 0.1) is 13.0 Å². The molecule has 0 aromatic heterocycles. The standard InChI is InChI=1S/C18H32N2O8/c1-5-10(3)15(19)17(24)26-8-7-14(27-13(23)9-12(21)22)28-18(25)16(20)11(4)6-2/h10-11,14-16H,5-9,19-20H2,1-4H3,(H,21,22)/t10?,11?,14?,15-,16-/m0/s1. The van der Waals surface area contributed by atoms with Crippen LogP contribution in [-0.4, -0.2) is 54.0 Å². The molecule has 0 aliphatic rings. The second kappa shape index (κ2) is 13.1. The maximum absolute atomic E-state index is 12.1. The molecule has 5 N–H and O–H groups in total. The quantitative estimate of drug-likeness (QED) is 0.224. The molecule has 28 heavy (non-hydrogen) atoms. The van der Waals surface area contributed by atoms with E-state index in [0.717, 1.165) is 0 Å². The van der Waals surface area contributed by atoms with E-state index in [9.17, 15) is 19.2 Å². The summed E-state index contributed by atoms with van der Waals surface area (Å²) in [6.07, 6.45) is -1.18. The fourth-order valence-corrected chi connectivity index (χ4v) is 1.99. The van der Waals surface area contributed by atoms with Gasteiger partial charge in [0.1, 0.15) is 18.5 Å². The fraction of sp³-hybridized carbons (Fsp3) is 0.778. The van der Waals surface area contributed by atoms with Crippen LogP contribution in [0, 0.1) is 11.8 Å². The molecular weight excluding hydrogens is 372 g/mol. The van der Waals surface area contributed by atoms with Crippen LogP contribution in [0.15, 0.2) is 0 Å². The van der Waals surface area contributed by atoms with Crippen LogP contribution in [0.1, 0.15) is 53.4 Å². The normalized spacial score (nSPS) is 16.2. The van der Waals surface area contributed by atoms with Crippen molar-refractivity contribution >= 4 is 23.9 Å². The number of hydrogen-bond donors (Lipinski definition) is 3. The second-order valence-corrected chi connectivity index (χ2v) is 6.71. The number of carbonyl (C=O) groups is 4. The molecule has 10 heteroatoms. The molecule has 3 unspecified atom stereocenters. The number of aliphatic carboxylic acids is 1. The highest BCUT2D eigenvalue weighted by Gasteiger charge is 2.28. The van der Waals surface area contributed by atoms with Crippen LogP contribution in [0.5, 0.6) is 0 Å². The van der Waals surface area contributed by atoms with Gasteiger partial charge in [-0.3, -0.25) is 19.2 Å². The lowest BCUT2D eigenvalue weighted by Gasteiger charge is -2.23. The van der Waals surface area contributed by atoms with Crippen molar-refractivity contribution in [3.8, 4) is 0 Å². The van der Waals surface area contributed by atoms with Crippen LogP contribution in [0.4, 0.5) is 0 Å². The van der Waals surface area contributed by atoms with Gasteiger partial charge in [0.15, 0.2) is 0 Å². The summed E-state index contributed by atoms with van der Waals surface area (Å²) in [5.41, 5.74) is 11.6.